The summed E-state index contributed by atoms with van der Waals surface area (Å²) in [6.07, 6.45) is 8.88. The molecular formula is C30H30BNS2. The number of thiophene rings is 1. The van der Waals surface area contributed by atoms with Gasteiger partial charge in [-0.15, -0.1) is 24.0 Å². The third-order valence-corrected chi connectivity index (χ3v) is 9.55. The summed E-state index contributed by atoms with van der Waals surface area (Å²) < 4.78 is 2.71. The third-order valence-electron chi connectivity index (χ3n) is 7.67. The van der Waals surface area contributed by atoms with Gasteiger partial charge in [0.25, 0.3) is 0 Å². The molecule has 4 aromatic rings. The second-order valence-corrected chi connectivity index (χ2v) is 10.9. The maximum atomic E-state index is 5.20. The molecule has 0 saturated heterocycles. The predicted molar refractivity (Wildman–Crippen MR) is 159 cm³/mol. The zero-order valence-electron chi connectivity index (χ0n) is 20.7. The van der Waals surface area contributed by atoms with E-state index in [1.165, 1.54) is 75.7 Å². The Morgan fingerprint density at radius 1 is 0.941 bits per heavy atom. The minimum Gasteiger partial charge on any atom is -0.296 e. The van der Waals surface area contributed by atoms with Crippen molar-refractivity contribution in [3.63, 3.8) is 0 Å². The minimum absolute atomic E-state index is 0.665. The van der Waals surface area contributed by atoms with Crippen LogP contribution < -0.4 is 5.46 Å². The van der Waals surface area contributed by atoms with Crippen molar-refractivity contribution < 1.29 is 0 Å². The molecular weight excluding hydrogens is 449 g/mol. The largest absolute Gasteiger partial charge is 0.296 e. The summed E-state index contributed by atoms with van der Waals surface area (Å²) in [5.74, 6) is 0. The van der Waals surface area contributed by atoms with Crippen molar-refractivity contribution in [3.05, 3.63) is 75.9 Å². The Hall–Kier alpha value is -2.56. The summed E-state index contributed by atoms with van der Waals surface area (Å²) in [5.41, 5.74) is 13.2. The van der Waals surface area contributed by atoms with E-state index in [4.69, 9.17) is 12.6 Å². The van der Waals surface area contributed by atoms with Crippen LogP contribution in [-0.2, 0) is 6.54 Å². The highest BCUT2D eigenvalue weighted by molar-refractivity contribution is 7.80. The van der Waals surface area contributed by atoms with Gasteiger partial charge in [0.15, 0.2) is 0 Å². The standard InChI is InChI=1S/C30H30BNS2/c1-16-17(2)25-26-28(33)24(22-13-11-21(12-14-22)20-9-7-6-8-10-20)18(3)19(4)29(26)34-30(25)27(31)23(16)15-32-5/h6-7,9,11-14,33H,5,8,10,15,31H2,1-4H3. The highest BCUT2D eigenvalue weighted by atomic mass is 32.1. The molecule has 1 aromatic heterocycles. The van der Waals surface area contributed by atoms with Crippen LogP contribution in [0.1, 0.15) is 46.2 Å². The van der Waals surface area contributed by atoms with Gasteiger partial charge >= 0.3 is 0 Å². The molecule has 4 heteroatoms. The molecule has 1 heterocycles. The van der Waals surface area contributed by atoms with Gasteiger partial charge in [0.2, 0.25) is 0 Å². The van der Waals surface area contributed by atoms with Crippen molar-refractivity contribution in [1.29, 1.82) is 0 Å². The Morgan fingerprint density at radius 3 is 2.29 bits per heavy atom. The van der Waals surface area contributed by atoms with Gasteiger partial charge in [-0.2, -0.15) is 0 Å². The number of hydrogen-bond donors (Lipinski definition) is 1. The Labute approximate surface area is 213 Å². The van der Waals surface area contributed by atoms with Gasteiger partial charge in [-0.3, -0.25) is 4.99 Å². The molecule has 5 rings (SSSR count). The van der Waals surface area contributed by atoms with E-state index in [1.54, 1.807) is 0 Å². The molecule has 1 aliphatic rings. The van der Waals surface area contributed by atoms with Crippen LogP contribution in [0, 0.1) is 27.7 Å². The molecule has 0 unspecified atom stereocenters. The maximum Gasteiger partial charge on any atom is 0.141 e. The molecule has 0 saturated carbocycles. The van der Waals surface area contributed by atoms with Gasteiger partial charge in [-0.1, -0.05) is 48.0 Å². The fourth-order valence-electron chi connectivity index (χ4n) is 5.43. The zero-order valence-corrected chi connectivity index (χ0v) is 22.4. The topological polar surface area (TPSA) is 12.4 Å². The van der Waals surface area contributed by atoms with Gasteiger partial charge in [0, 0.05) is 25.1 Å². The molecule has 0 amide bonds. The fourth-order valence-corrected chi connectivity index (χ4v) is 7.48. The molecule has 34 heavy (non-hydrogen) atoms. The molecule has 0 fully saturated rings. The zero-order chi connectivity index (χ0) is 24.1. The van der Waals surface area contributed by atoms with Crippen LogP contribution in [0.5, 0.6) is 0 Å². The second kappa shape index (κ2) is 8.90. The maximum absolute atomic E-state index is 5.20. The highest BCUT2D eigenvalue weighted by Crippen LogP contribution is 2.47. The van der Waals surface area contributed by atoms with Crippen molar-refractivity contribution in [2.75, 3.05) is 0 Å². The van der Waals surface area contributed by atoms with Crippen molar-refractivity contribution in [3.8, 4) is 11.1 Å². The summed E-state index contributed by atoms with van der Waals surface area (Å²) in [6, 6.07) is 9.08. The number of aliphatic imine (C=N–C) groups is 1. The Bertz CT molecular complexity index is 1540. The molecule has 170 valence electrons. The van der Waals surface area contributed by atoms with E-state index in [2.05, 4.69) is 89.7 Å². The fraction of sp³-hybridized carbons (Fsp3) is 0.233. The number of aryl methyl sites for hydroxylation is 2. The molecule has 0 N–H and O–H groups in total. The lowest BCUT2D eigenvalue weighted by atomic mass is 9.83. The number of thiol groups is 1. The second-order valence-electron chi connectivity index (χ2n) is 9.46. The van der Waals surface area contributed by atoms with Crippen molar-refractivity contribution in [2.45, 2.75) is 52.0 Å². The first-order valence-corrected chi connectivity index (χ1v) is 13.2. The van der Waals surface area contributed by atoms with Crippen molar-refractivity contribution in [2.24, 2.45) is 4.99 Å². The predicted octanol–water partition coefficient (Wildman–Crippen LogP) is 7.44. The van der Waals surface area contributed by atoms with Crippen molar-refractivity contribution in [1.82, 2.24) is 0 Å². The smallest absolute Gasteiger partial charge is 0.141 e. The molecule has 3 aromatic carbocycles. The molecule has 0 aliphatic heterocycles. The van der Waals surface area contributed by atoms with Crippen LogP contribution in [0.3, 0.4) is 0 Å². The van der Waals surface area contributed by atoms with Crippen LogP contribution in [0.25, 0.3) is 36.9 Å². The average Bonchev–Trinajstić information content (AvgIpc) is 3.27. The van der Waals surface area contributed by atoms with Crippen LogP contribution in [0.4, 0.5) is 0 Å². The van der Waals surface area contributed by atoms with E-state index < -0.39 is 0 Å². The van der Waals surface area contributed by atoms with Crippen LogP contribution in [-0.4, -0.2) is 14.6 Å². The Kier molecular flexibility index (Phi) is 6.08. The number of nitrogens with zero attached hydrogens (tertiary/aromatic N) is 1. The van der Waals surface area contributed by atoms with E-state index in [9.17, 15) is 0 Å². The molecule has 0 radical (unpaired) electrons. The summed E-state index contributed by atoms with van der Waals surface area (Å²) in [4.78, 5) is 5.30. The first-order valence-electron chi connectivity index (χ1n) is 11.9. The monoisotopic (exact) mass is 479 g/mol. The summed E-state index contributed by atoms with van der Waals surface area (Å²) in [6.45, 7) is 13.4. The lowest BCUT2D eigenvalue weighted by Crippen LogP contribution is -2.13. The highest BCUT2D eigenvalue weighted by Gasteiger charge is 2.22. The lowest BCUT2D eigenvalue weighted by Gasteiger charge is -2.17. The third kappa shape index (κ3) is 3.51. The summed E-state index contributed by atoms with van der Waals surface area (Å²) >= 11 is 7.11. The van der Waals surface area contributed by atoms with Gasteiger partial charge in [0.1, 0.15) is 7.85 Å². The Balaban J connectivity index is 1.77. The number of benzene rings is 3. The van der Waals surface area contributed by atoms with Gasteiger partial charge in [-0.25, -0.2) is 0 Å². The van der Waals surface area contributed by atoms with Crippen LogP contribution in [0.2, 0.25) is 0 Å². The van der Waals surface area contributed by atoms with Gasteiger partial charge < -0.3 is 0 Å². The number of fused-ring (bicyclic) bond motifs is 3. The molecule has 0 atom stereocenters. The molecule has 1 nitrogen and oxygen atoms in total. The molecule has 0 bridgehead atoms. The first-order chi connectivity index (χ1) is 16.3. The number of allylic oxidation sites excluding steroid dienone is 4. The molecule has 1 aliphatic carbocycles. The van der Waals surface area contributed by atoms with E-state index in [-0.39, 0.29) is 0 Å². The van der Waals surface area contributed by atoms with E-state index in [1.807, 2.05) is 11.3 Å². The minimum atomic E-state index is 0.665. The quantitative estimate of drug-likeness (QED) is 0.177. The number of rotatable bonds is 4. The van der Waals surface area contributed by atoms with E-state index in [0.717, 1.165) is 17.7 Å². The first kappa shape index (κ1) is 23.2. The van der Waals surface area contributed by atoms with Crippen LogP contribution in [0.15, 0.2) is 52.4 Å². The lowest BCUT2D eigenvalue weighted by molar-refractivity contribution is 1.05. The molecule has 0 spiro atoms. The van der Waals surface area contributed by atoms with Gasteiger partial charge in [0.05, 0.1) is 6.54 Å². The van der Waals surface area contributed by atoms with Crippen LogP contribution >= 0.6 is 24.0 Å². The average molecular weight is 480 g/mol. The van der Waals surface area contributed by atoms with E-state index in [0.29, 0.717) is 6.54 Å². The van der Waals surface area contributed by atoms with E-state index >= 15 is 0 Å². The SMILES string of the molecule is Bc1c(CN=C)c(C)c(C)c2c1sc1c(C)c(C)c(-c3ccc(C4=CC=CCC4)cc3)c(S)c12. The summed E-state index contributed by atoms with van der Waals surface area (Å²) in [5, 5.41) is 2.65. The van der Waals surface area contributed by atoms with Crippen molar-refractivity contribution >= 4 is 69.7 Å². The number of hydrogen-bond acceptors (Lipinski definition) is 3. The Morgan fingerprint density at radius 2 is 1.65 bits per heavy atom. The van der Waals surface area contributed by atoms with Gasteiger partial charge in [-0.05, 0) is 97.3 Å². The normalized spacial score (nSPS) is 13.6. The summed E-state index contributed by atoms with van der Waals surface area (Å²) in [7, 11) is 2.24.